The molecule has 2 aromatic heterocycles. The Morgan fingerprint density at radius 1 is 1.18 bits per heavy atom. The van der Waals surface area contributed by atoms with Gasteiger partial charge < -0.3 is 16.0 Å². The molecule has 116 valence electrons. The highest BCUT2D eigenvalue weighted by Crippen LogP contribution is 2.20. The lowest BCUT2D eigenvalue weighted by Crippen LogP contribution is -2.42. The third kappa shape index (κ3) is 3.41. The van der Waals surface area contributed by atoms with Gasteiger partial charge >= 0.3 is 0 Å². The standard InChI is InChI=1S/C15H21N7/c1-10-5-6-14(21-20-10)22-7-3-4-12(9-22)18-13-8-11(2)17-15(16)19-13/h5-6,8,12H,3-4,7,9H2,1-2H3,(H3,16,17,18,19). The van der Waals surface area contributed by atoms with Crippen LogP contribution in [0.4, 0.5) is 17.6 Å². The van der Waals surface area contributed by atoms with E-state index in [0.717, 1.165) is 49.0 Å². The number of hydrogen-bond donors (Lipinski definition) is 2. The van der Waals surface area contributed by atoms with Crippen LogP contribution in [0.5, 0.6) is 0 Å². The monoisotopic (exact) mass is 299 g/mol. The maximum Gasteiger partial charge on any atom is 0.222 e. The fraction of sp³-hybridized carbons (Fsp3) is 0.467. The van der Waals surface area contributed by atoms with E-state index in [4.69, 9.17) is 5.73 Å². The van der Waals surface area contributed by atoms with Crippen LogP contribution in [0.2, 0.25) is 0 Å². The molecule has 3 N–H and O–H groups in total. The van der Waals surface area contributed by atoms with E-state index in [0.29, 0.717) is 12.0 Å². The van der Waals surface area contributed by atoms with Crippen LogP contribution in [-0.2, 0) is 0 Å². The number of rotatable bonds is 3. The largest absolute Gasteiger partial charge is 0.368 e. The van der Waals surface area contributed by atoms with E-state index in [2.05, 4.69) is 30.4 Å². The predicted molar refractivity (Wildman–Crippen MR) is 86.8 cm³/mol. The summed E-state index contributed by atoms with van der Waals surface area (Å²) in [6.45, 7) is 5.74. The number of nitrogens with two attached hydrogens (primary N) is 1. The molecule has 0 spiro atoms. The molecule has 1 aliphatic rings. The van der Waals surface area contributed by atoms with Crippen LogP contribution in [0.25, 0.3) is 0 Å². The summed E-state index contributed by atoms with van der Waals surface area (Å²) in [7, 11) is 0. The highest BCUT2D eigenvalue weighted by atomic mass is 15.3. The predicted octanol–water partition coefficient (Wildman–Crippen LogP) is 1.55. The van der Waals surface area contributed by atoms with E-state index < -0.39 is 0 Å². The van der Waals surface area contributed by atoms with Crippen molar-refractivity contribution in [3.05, 3.63) is 29.6 Å². The Hall–Kier alpha value is -2.44. The Labute approximate surface area is 130 Å². The van der Waals surface area contributed by atoms with Gasteiger partial charge in [-0.05, 0) is 38.8 Å². The van der Waals surface area contributed by atoms with Crippen LogP contribution < -0.4 is 16.0 Å². The van der Waals surface area contributed by atoms with Crippen molar-refractivity contribution < 1.29 is 0 Å². The summed E-state index contributed by atoms with van der Waals surface area (Å²) in [5.74, 6) is 2.02. The van der Waals surface area contributed by atoms with Crippen molar-refractivity contribution in [2.75, 3.05) is 29.0 Å². The SMILES string of the molecule is Cc1ccc(N2CCCC(Nc3cc(C)nc(N)n3)C2)nn1. The second-order valence-electron chi connectivity index (χ2n) is 5.72. The van der Waals surface area contributed by atoms with Crippen LogP contribution >= 0.6 is 0 Å². The molecule has 1 atom stereocenters. The minimum absolute atomic E-state index is 0.305. The molecule has 1 saturated heterocycles. The average molecular weight is 299 g/mol. The minimum Gasteiger partial charge on any atom is -0.368 e. The van der Waals surface area contributed by atoms with Crippen LogP contribution in [0.15, 0.2) is 18.2 Å². The fourth-order valence-electron chi connectivity index (χ4n) is 2.74. The molecule has 3 heterocycles. The summed E-state index contributed by atoms with van der Waals surface area (Å²) in [6.07, 6.45) is 2.20. The molecule has 1 fully saturated rings. The van der Waals surface area contributed by atoms with Crippen molar-refractivity contribution in [1.82, 2.24) is 20.2 Å². The van der Waals surface area contributed by atoms with Gasteiger partial charge in [-0.1, -0.05) is 0 Å². The third-order valence-corrected chi connectivity index (χ3v) is 3.75. The molecule has 0 aliphatic carbocycles. The lowest BCUT2D eigenvalue weighted by atomic mass is 10.1. The number of aryl methyl sites for hydroxylation is 2. The molecule has 0 saturated carbocycles. The summed E-state index contributed by atoms with van der Waals surface area (Å²) in [6, 6.07) is 6.25. The number of aromatic nitrogens is 4. The number of nitrogen functional groups attached to an aromatic ring is 1. The van der Waals surface area contributed by atoms with E-state index in [1.807, 2.05) is 32.0 Å². The van der Waals surface area contributed by atoms with Crippen LogP contribution in [0.3, 0.4) is 0 Å². The Bertz CT molecular complexity index is 621. The van der Waals surface area contributed by atoms with Gasteiger partial charge in [0.25, 0.3) is 0 Å². The van der Waals surface area contributed by atoms with Crippen molar-refractivity contribution in [3.8, 4) is 0 Å². The Morgan fingerprint density at radius 2 is 2.05 bits per heavy atom. The van der Waals surface area contributed by atoms with Crippen LogP contribution in [0, 0.1) is 13.8 Å². The zero-order valence-electron chi connectivity index (χ0n) is 13.0. The molecule has 0 aromatic carbocycles. The van der Waals surface area contributed by atoms with Gasteiger partial charge in [0.15, 0.2) is 5.82 Å². The van der Waals surface area contributed by atoms with E-state index in [1.165, 1.54) is 0 Å². The quantitative estimate of drug-likeness (QED) is 0.888. The molecule has 0 amide bonds. The maximum atomic E-state index is 5.71. The first kappa shape index (κ1) is 14.5. The van der Waals surface area contributed by atoms with E-state index in [-0.39, 0.29) is 0 Å². The van der Waals surface area contributed by atoms with E-state index in [9.17, 15) is 0 Å². The molecule has 0 bridgehead atoms. The summed E-state index contributed by atoms with van der Waals surface area (Å²) in [5, 5.41) is 11.9. The number of anilines is 3. The Balaban J connectivity index is 1.69. The summed E-state index contributed by atoms with van der Waals surface area (Å²) in [5.41, 5.74) is 7.51. The lowest BCUT2D eigenvalue weighted by molar-refractivity contribution is 0.524. The fourth-order valence-corrected chi connectivity index (χ4v) is 2.74. The van der Waals surface area contributed by atoms with Crippen molar-refractivity contribution in [2.45, 2.75) is 32.7 Å². The van der Waals surface area contributed by atoms with Gasteiger partial charge in [0, 0.05) is 30.9 Å². The summed E-state index contributed by atoms with van der Waals surface area (Å²) >= 11 is 0. The number of nitrogens with zero attached hydrogens (tertiary/aromatic N) is 5. The molecule has 1 unspecified atom stereocenters. The zero-order chi connectivity index (χ0) is 15.5. The molecule has 2 aromatic rings. The second kappa shape index (κ2) is 6.13. The first-order valence-corrected chi connectivity index (χ1v) is 7.53. The normalized spacial score (nSPS) is 18.3. The zero-order valence-corrected chi connectivity index (χ0v) is 13.0. The second-order valence-corrected chi connectivity index (χ2v) is 5.72. The Kier molecular flexibility index (Phi) is 4.04. The van der Waals surface area contributed by atoms with E-state index >= 15 is 0 Å². The topological polar surface area (TPSA) is 92.8 Å². The number of piperidine rings is 1. The molecular weight excluding hydrogens is 278 g/mol. The maximum absolute atomic E-state index is 5.71. The van der Waals surface area contributed by atoms with Crippen molar-refractivity contribution >= 4 is 17.6 Å². The van der Waals surface area contributed by atoms with Gasteiger partial charge in [0.1, 0.15) is 5.82 Å². The molecule has 7 heteroatoms. The van der Waals surface area contributed by atoms with Crippen molar-refractivity contribution in [3.63, 3.8) is 0 Å². The van der Waals surface area contributed by atoms with Crippen molar-refractivity contribution in [2.24, 2.45) is 0 Å². The van der Waals surface area contributed by atoms with E-state index in [1.54, 1.807) is 0 Å². The van der Waals surface area contributed by atoms with Crippen LogP contribution in [0.1, 0.15) is 24.2 Å². The Morgan fingerprint density at radius 3 is 2.77 bits per heavy atom. The highest BCUT2D eigenvalue weighted by molar-refractivity contribution is 5.43. The smallest absolute Gasteiger partial charge is 0.222 e. The molecule has 3 rings (SSSR count). The molecule has 7 nitrogen and oxygen atoms in total. The van der Waals surface area contributed by atoms with Gasteiger partial charge in [-0.15, -0.1) is 5.10 Å². The van der Waals surface area contributed by atoms with Gasteiger partial charge in [0.05, 0.1) is 5.69 Å². The lowest BCUT2D eigenvalue weighted by Gasteiger charge is -2.34. The van der Waals surface area contributed by atoms with Crippen molar-refractivity contribution in [1.29, 1.82) is 0 Å². The molecule has 1 aliphatic heterocycles. The van der Waals surface area contributed by atoms with Gasteiger partial charge in [0.2, 0.25) is 5.95 Å². The minimum atomic E-state index is 0.305. The van der Waals surface area contributed by atoms with Gasteiger partial charge in [-0.2, -0.15) is 10.1 Å². The highest BCUT2D eigenvalue weighted by Gasteiger charge is 2.21. The molecule has 0 radical (unpaired) electrons. The molecular formula is C15H21N7. The number of hydrogen-bond acceptors (Lipinski definition) is 7. The summed E-state index contributed by atoms with van der Waals surface area (Å²) in [4.78, 5) is 10.6. The first-order chi connectivity index (χ1) is 10.6. The third-order valence-electron chi connectivity index (χ3n) is 3.75. The van der Waals surface area contributed by atoms with Gasteiger partial charge in [-0.25, -0.2) is 4.98 Å². The number of nitrogens with one attached hydrogen (secondary N) is 1. The first-order valence-electron chi connectivity index (χ1n) is 7.53. The summed E-state index contributed by atoms with van der Waals surface area (Å²) < 4.78 is 0. The molecule has 22 heavy (non-hydrogen) atoms. The van der Waals surface area contributed by atoms with Gasteiger partial charge in [-0.3, -0.25) is 0 Å². The average Bonchev–Trinajstić information content (AvgIpc) is 2.47. The van der Waals surface area contributed by atoms with Crippen LogP contribution in [-0.4, -0.2) is 39.3 Å².